The average Bonchev–Trinajstić information content (AvgIpc) is 3.39. The van der Waals surface area contributed by atoms with Gasteiger partial charge in [0.1, 0.15) is 0 Å². The van der Waals surface area contributed by atoms with Gasteiger partial charge in [0.2, 0.25) is 0 Å². The number of carbonyl (C=O) groups is 1. The molecule has 0 saturated carbocycles. The Morgan fingerprint density at radius 2 is 1.42 bits per heavy atom. The molecule has 2 heterocycles. The first-order valence-electron chi connectivity index (χ1n) is 10.5. The molecule has 0 radical (unpaired) electrons. The fourth-order valence-corrected chi connectivity index (χ4v) is 3.94. The molecule has 0 saturated heterocycles. The lowest BCUT2D eigenvalue weighted by atomic mass is 10.0. The van der Waals surface area contributed by atoms with Crippen LogP contribution in [0.25, 0.3) is 5.70 Å². The lowest BCUT2D eigenvalue weighted by molar-refractivity contribution is -0.121. The van der Waals surface area contributed by atoms with Crippen molar-refractivity contribution in [3.63, 3.8) is 0 Å². The van der Waals surface area contributed by atoms with Crippen molar-refractivity contribution in [1.29, 1.82) is 0 Å². The summed E-state index contributed by atoms with van der Waals surface area (Å²) >= 11 is 0. The summed E-state index contributed by atoms with van der Waals surface area (Å²) in [4.78, 5) is 13.4. The zero-order valence-corrected chi connectivity index (χ0v) is 17.0. The van der Waals surface area contributed by atoms with Crippen LogP contribution in [0.4, 0.5) is 0 Å². The number of ketones is 1. The van der Waals surface area contributed by atoms with Gasteiger partial charge in [-0.05, 0) is 36.1 Å². The molecule has 3 aromatic carbocycles. The number of benzene rings is 3. The molecule has 31 heavy (non-hydrogen) atoms. The van der Waals surface area contributed by atoms with Crippen LogP contribution < -0.4 is 14.8 Å². The largest absolute Gasteiger partial charge is 0.448 e. The molecule has 0 aromatic heterocycles. The number of fused-ring (bicyclic) bond motifs is 1. The van der Waals surface area contributed by atoms with Crippen LogP contribution >= 0.6 is 0 Å². The summed E-state index contributed by atoms with van der Waals surface area (Å²) < 4.78 is 11.8. The first-order valence-corrected chi connectivity index (χ1v) is 10.5. The molecule has 0 bridgehead atoms. The van der Waals surface area contributed by atoms with Crippen molar-refractivity contribution in [3.05, 3.63) is 114 Å². The maximum Gasteiger partial charge on any atom is 0.268 e. The smallest absolute Gasteiger partial charge is 0.268 e. The summed E-state index contributed by atoms with van der Waals surface area (Å²) in [5, 5.41) is 3.37. The van der Waals surface area contributed by atoms with E-state index in [9.17, 15) is 4.79 Å². The molecule has 2 aliphatic rings. The van der Waals surface area contributed by atoms with Crippen molar-refractivity contribution in [1.82, 2.24) is 5.32 Å². The fraction of sp³-hybridized carbons (Fsp3) is 0.148. The van der Waals surface area contributed by atoms with Gasteiger partial charge in [-0.2, -0.15) is 0 Å². The first-order chi connectivity index (χ1) is 15.3. The van der Waals surface area contributed by atoms with Gasteiger partial charge in [0, 0.05) is 5.57 Å². The number of carbonyl (C=O) groups excluding carboxylic acids is 1. The van der Waals surface area contributed by atoms with Crippen molar-refractivity contribution in [2.45, 2.75) is 25.2 Å². The standard InChI is InChI=1S/C27H23NO3/c29-26-21(16-8-7-13-19-11-3-1-4-12-19)24(20-14-5-2-6-15-20)28-25(26)27-30-22-17-9-10-18-23(22)31-27/h1-6,8-12,14-18,25,27-28H,7,13H2. The predicted molar refractivity (Wildman–Crippen MR) is 121 cm³/mol. The van der Waals surface area contributed by atoms with E-state index in [0.29, 0.717) is 17.1 Å². The van der Waals surface area contributed by atoms with Crippen LogP contribution in [-0.2, 0) is 11.2 Å². The van der Waals surface area contributed by atoms with Gasteiger partial charge in [0.25, 0.3) is 6.29 Å². The second-order valence-corrected chi connectivity index (χ2v) is 7.62. The van der Waals surface area contributed by atoms with Gasteiger partial charge in [0.05, 0.1) is 5.70 Å². The molecule has 5 rings (SSSR count). The molecule has 154 valence electrons. The Balaban J connectivity index is 1.36. The van der Waals surface area contributed by atoms with E-state index >= 15 is 0 Å². The predicted octanol–water partition coefficient (Wildman–Crippen LogP) is 4.93. The quantitative estimate of drug-likeness (QED) is 0.627. The van der Waals surface area contributed by atoms with Crippen molar-refractivity contribution < 1.29 is 14.3 Å². The van der Waals surface area contributed by atoms with Crippen molar-refractivity contribution in [2.24, 2.45) is 0 Å². The van der Waals surface area contributed by atoms with Crippen LogP contribution in [0.1, 0.15) is 17.5 Å². The molecule has 4 heteroatoms. The maximum atomic E-state index is 13.4. The molecular formula is C27H23NO3. The summed E-state index contributed by atoms with van der Waals surface area (Å²) in [6, 6.07) is 27.1. The number of rotatable bonds is 6. The van der Waals surface area contributed by atoms with Crippen LogP contribution in [0, 0.1) is 0 Å². The average molecular weight is 409 g/mol. The highest BCUT2D eigenvalue weighted by atomic mass is 16.7. The summed E-state index contributed by atoms with van der Waals surface area (Å²) in [5.41, 5.74) is 3.72. The minimum absolute atomic E-state index is 0.0207. The highest BCUT2D eigenvalue weighted by Gasteiger charge is 2.42. The van der Waals surface area contributed by atoms with Gasteiger partial charge in [-0.3, -0.25) is 4.79 Å². The number of allylic oxidation sites excluding steroid dienone is 2. The van der Waals surface area contributed by atoms with E-state index < -0.39 is 12.3 Å². The number of ether oxygens (including phenoxy) is 2. The summed E-state index contributed by atoms with van der Waals surface area (Å²) in [6.45, 7) is 0. The molecule has 3 aromatic rings. The van der Waals surface area contributed by atoms with Crippen LogP contribution in [0.15, 0.2) is 103 Å². The lowest BCUT2D eigenvalue weighted by Gasteiger charge is -2.18. The van der Waals surface area contributed by atoms with E-state index in [2.05, 4.69) is 23.5 Å². The lowest BCUT2D eigenvalue weighted by Crippen LogP contribution is -2.45. The zero-order chi connectivity index (χ0) is 21.0. The highest BCUT2D eigenvalue weighted by molar-refractivity contribution is 6.12. The van der Waals surface area contributed by atoms with Gasteiger partial charge in [-0.1, -0.05) is 84.9 Å². The Morgan fingerprint density at radius 1 is 0.806 bits per heavy atom. The van der Waals surface area contributed by atoms with E-state index in [4.69, 9.17) is 9.47 Å². The van der Waals surface area contributed by atoms with Gasteiger partial charge >= 0.3 is 0 Å². The highest BCUT2D eigenvalue weighted by Crippen LogP contribution is 2.37. The second-order valence-electron chi connectivity index (χ2n) is 7.62. The molecule has 0 fully saturated rings. The summed E-state index contributed by atoms with van der Waals surface area (Å²) in [5.74, 6) is 1.30. The summed E-state index contributed by atoms with van der Waals surface area (Å²) in [7, 11) is 0. The molecular weight excluding hydrogens is 386 g/mol. The number of hydrogen-bond acceptors (Lipinski definition) is 4. The Labute approximate surface area is 181 Å². The third-order valence-corrected chi connectivity index (χ3v) is 5.51. The minimum atomic E-state index is -0.696. The fourth-order valence-electron chi connectivity index (χ4n) is 3.94. The van der Waals surface area contributed by atoms with Crippen molar-refractivity contribution in [2.75, 3.05) is 0 Å². The van der Waals surface area contributed by atoms with Gasteiger partial charge in [-0.25, -0.2) is 0 Å². The third kappa shape index (κ3) is 3.97. The molecule has 1 atom stereocenters. The van der Waals surface area contributed by atoms with Gasteiger partial charge in [-0.15, -0.1) is 0 Å². The second kappa shape index (κ2) is 8.52. The van der Waals surface area contributed by atoms with Crippen LogP contribution in [0.5, 0.6) is 11.5 Å². The summed E-state index contributed by atoms with van der Waals surface area (Å²) in [6.07, 6.45) is 5.09. The number of hydrogen-bond donors (Lipinski definition) is 1. The van der Waals surface area contributed by atoms with Gasteiger partial charge < -0.3 is 14.8 Å². The SMILES string of the molecule is O=C1C(C=CCCc2ccccc2)=C(c2ccccc2)NC1C1Oc2ccccc2O1. The van der Waals surface area contributed by atoms with E-state index in [1.807, 2.05) is 78.9 Å². The normalized spacial score (nSPS) is 18.1. The molecule has 2 aliphatic heterocycles. The van der Waals surface area contributed by atoms with Crippen LogP contribution in [-0.4, -0.2) is 18.1 Å². The van der Waals surface area contributed by atoms with Crippen molar-refractivity contribution >= 4 is 11.5 Å². The van der Waals surface area contributed by atoms with E-state index in [1.54, 1.807) is 0 Å². The molecule has 4 nitrogen and oxygen atoms in total. The Bertz CT molecular complexity index is 1110. The molecule has 0 amide bonds. The van der Waals surface area contributed by atoms with Crippen LogP contribution in [0.2, 0.25) is 0 Å². The van der Waals surface area contributed by atoms with Crippen molar-refractivity contribution in [3.8, 4) is 11.5 Å². The Kier molecular flexibility index (Phi) is 5.28. The Morgan fingerprint density at radius 3 is 2.10 bits per heavy atom. The number of para-hydroxylation sites is 2. The van der Waals surface area contributed by atoms with E-state index in [0.717, 1.165) is 24.1 Å². The minimum Gasteiger partial charge on any atom is -0.448 e. The molecule has 1 N–H and O–H groups in total. The topological polar surface area (TPSA) is 47.6 Å². The maximum absolute atomic E-state index is 13.4. The monoisotopic (exact) mass is 409 g/mol. The van der Waals surface area contributed by atoms with Crippen LogP contribution in [0.3, 0.4) is 0 Å². The van der Waals surface area contributed by atoms with E-state index in [1.165, 1.54) is 5.56 Å². The Hall–Kier alpha value is -3.79. The molecule has 1 unspecified atom stereocenters. The van der Waals surface area contributed by atoms with Gasteiger partial charge in [0.15, 0.2) is 23.3 Å². The van der Waals surface area contributed by atoms with E-state index in [-0.39, 0.29) is 5.78 Å². The number of nitrogens with one attached hydrogen (secondary N) is 1. The zero-order valence-electron chi connectivity index (χ0n) is 17.0. The third-order valence-electron chi connectivity index (χ3n) is 5.51. The molecule has 0 aliphatic carbocycles. The number of aryl methyl sites for hydroxylation is 1. The molecule has 0 spiro atoms. The number of Topliss-reactive ketones (excluding diaryl/α,β-unsaturated/α-hetero) is 1. The first kappa shape index (κ1) is 19.2.